The molecule has 1 saturated heterocycles. The Balaban J connectivity index is 1.50. The van der Waals surface area contributed by atoms with E-state index in [9.17, 15) is 40.2 Å². The monoisotopic (exact) mass is 560 g/mol. The molecule has 6 N–H and O–H groups in total. The molecule has 5 atom stereocenters. The van der Waals surface area contributed by atoms with Gasteiger partial charge in [0.15, 0.2) is 29.8 Å². The summed E-state index contributed by atoms with van der Waals surface area (Å²) in [5.41, 5.74) is -0.289. The Morgan fingerprint density at radius 3 is 2.33 bits per heavy atom. The average Bonchev–Trinajstić information content (AvgIpc) is 3.44. The van der Waals surface area contributed by atoms with Crippen molar-refractivity contribution < 1.29 is 58.8 Å². The van der Waals surface area contributed by atoms with Crippen LogP contribution in [-0.2, 0) is 9.53 Å². The number of aliphatic carboxylic acids is 1. The third kappa shape index (κ3) is 5.29. The van der Waals surface area contributed by atoms with Crippen LogP contribution in [0.5, 0.6) is 23.0 Å². The van der Waals surface area contributed by atoms with Crippen LogP contribution in [-0.4, -0.2) is 80.2 Å². The highest BCUT2D eigenvalue weighted by Crippen LogP contribution is 2.43. The average molecular weight is 561 g/mol. The Labute approximate surface area is 226 Å². The van der Waals surface area contributed by atoms with E-state index in [0.717, 1.165) is 31.7 Å². The summed E-state index contributed by atoms with van der Waals surface area (Å²) in [6.07, 6.45) is -5.23. The van der Waals surface area contributed by atoms with E-state index in [4.69, 9.17) is 23.4 Å². The largest absolute Gasteiger partial charge is 0.504 e. The summed E-state index contributed by atoms with van der Waals surface area (Å²) < 4.78 is 27.5. The van der Waals surface area contributed by atoms with Crippen molar-refractivity contribution in [2.75, 3.05) is 6.79 Å². The van der Waals surface area contributed by atoms with Crippen LogP contribution in [0.25, 0.3) is 22.3 Å². The fraction of sp³-hybridized carbons (Fsp3) is 0.407. The van der Waals surface area contributed by atoms with Crippen LogP contribution in [0.2, 0.25) is 0 Å². The number of carboxylic acid groups (broad SMARTS) is 1. The van der Waals surface area contributed by atoms with E-state index >= 15 is 0 Å². The third-order valence-corrected chi connectivity index (χ3v) is 6.92. The number of carboxylic acids is 1. The van der Waals surface area contributed by atoms with E-state index in [2.05, 4.69) is 0 Å². The molecule has 1 aliphatic heterocycles. The number of phenols is 1. The SMILES string of the molecule is O=C(O)C1OC(Oc2cc3oc(-c4ccc(OC5CCCC5)cc4)cc(=O)c3c(O)c2OCO)C(O)C(O)C1O. The molecule has 2 aromatic carbocycles. The van der Waals surface area contributed by atoms with Gasteiger partial charge in [-0.15, -0.1) is 0 Å². The van der Waals surface area contributed by atoms with E-state index in [1.54, 1.807) is 24.3 Å². The van der Waals surface area contributed by atoms with Gasteiger partial charge in [-0.1, -0.05) is 0 Å². The first kappa shape index (κ1) is 27.7. The number of hydrogen-bond donors (Lipinski definition) is 6. The summed E-state index contributed by atoms with van der Waals surface area (Å²) in [5, 5.41) is 59.5. The van der Waals surface area contributed by atoms with Gasteiger partial charge in [-0.05, 0) is 49.9 Å². The molecule has 0 spiro atoms. The molecule has 40 heavy (non-hydrogen) atoms. The molecule has 214 valence electrons. The molecule has 0 bridgehead atoms. The Morgan fingerprint density at radius 1 is 0.975 bits per heavy atom. The van der Waals surface area contributed by atoms with E-state index in [1.807, 2.05) is 0 Å². The second kappa shape index (κ2) is 11.3. The van der Waals surface area contributed by atoms with Crippen molar-refractivity contribution in [1.29, 1.82) is 0 Å². The Morgan fingerprint density at radius 2 is 1.68 bits per heavy atom. The lowest BCUT2D eigenvalue weighted by atomic mass is 9.99. The molecule has 13 nitrogen and oxygen atoms in total. The molecule has 3 aromatic rings. The maximum absolute atomic E-state index is 13.0. The Kier molecular flexibility index (Phi) is 7.83. The maximum Gasteiger partial charge on any atom is 0.335 e. The smallest absolute Gasteiger partial charge is 0.335 e. The van der Waals surface area contributed by atoms with E-state index in [0.29, 0.717) is 11.3 Å². The quantitative estimate of drug-likeness (QED) is 0.214. The normalized spacial score (nSPS) is 25.1. The molecule has 13 heteroatoms. The lowest BCUT2D eigenvalue weighted by Crippen LogP contribution is -2.61. The molecular formula is C27H28O13. The van der Waals surface area contributed by atoms with Crippen molar-refractivity contribution in [2.45, 2.75) is 62.5 Å². The van der Waals surface area contributed by atoms with Gasteiger partial charge in [0, 0.05) is 17.7 Å². The number of carbonyl (C=O) groups is 1. The predicted octanol–water partition coefficient (Wildman–Crippen LogP) is 1.09. The zero-order valence-electron chi connectivity index (χ0n) is 21.0. The number of phenolic OH excluding ortho intramolecular Hbond substituents is 1. The first-order valence-corrected chi connectivity index (χ1v) is 12.6. The lowest BCUT2D eigenvalue weighted by Gasteiger charge is -2.38. The fourth-order valence-electron chi connectivity index (χ4n) is 4.87. The zero-order valence-corrected chi connectivity index (χ0v) is 21.0. The highest BCUT2D eigenvalue weighted by atomic mass is 16.7. The van der Waals surface area contributed by atoms with Gasteiger partial charge in [-0.2, -0.15) is 0 Å². The van der Waals surface area contributed by atoms with Crippen LogP contribution in [0.3, 0.4) is 0 Å². The number of benzene rings is 2. The van der Waals surface area contributed by atoms with Crippen molar-refractivity contribution in [1.82, 2.24) is 0 Å². The van der Waals surface area contributed by atoms with E-state index in [1.165, 1.54) is 6.07 Å². The van der Waals surface area contributed by atoms with E-state index in [-0.39, 0.29) is 22.8 Å². The number of aliphatic hydroxyl groups is 4. The Bertz CT molecular complexity index is 1430. The summed E-state index contributed by atoms with van der Waals surface area (Å²) in [5.74, 6) is -2.53. The number of rotatable bonds is 8. The van der Waals surface area contributed by atoms with Gasteiger partial charge in [-0.3, -0.25) is 4.79 Å². The molecule has 1 aromatic heterocycles. The molecule has 1 saturated carbocycles. The van der Waals surface area contributed by atoms with Crippen molar-refractivity contribution >= 4 is 16.9 Å². The van der Waals surface area contributed by atoms with Crippen LogP contribution in [0.4, 0.5) is 0 Å². The first-order valence-electron chi connectivity index (χ1n) is 12.6. The van der Waals surface area contributed by atoms with Gasteiger partial charge in [0.25, 0.3) is 0 Å². The summed E-state index contributed by atoms with van der Waals surface area (Å²) in [4.78, 5) is 24.4. The summed E-state index contributed by atoms with van der Waals surface area (Å²) >= 11 is 0. The van der Waals surface area contributed by atoms with Crippen molar-refractivity contribution in [3.63, 3.8) is 0 Å². The maximum atomic E-state index is 13.0. The topological polar surface area (TPSA) is 206 Å². The number of ether oxygens (including phenoxy) is 4. The molecular weight excluding hydrogens is 532 g/mol. The zero-order chi connectivity index (χ0) is 28.6. The second-order valence-electron chi connectivity index (χ2n) is 9.58. The molecule has 1 aliphatic carbocycles. The van der Waals surface area contributed by atoms with Crippen molar-refractivity contribution in [3.8, 4) is 34.3 Å². The number of hydrogen-bond acceptors (Lipinski definition) is 12. The minimum Gasteiger partial charge on any atom is -0.504 e. The Hall–Kier alpha value is -3.88. The summed E-state index contributed by atoms with van der Waals surface area (Å²) in [7, 11) is 0. The van der Waals surface area contributed by atoms with Crippen LogP contribution in [0.15, 0.2) is 45.6 Å². The van der Waals surface area contributed by atoms with Crippen molar-refractivity contribution in [3.05, 3.63) is 46.6 Å². The standard InChI is InChI=1S/C27H28O13/c28-11-36-24-18(39-27-23(33)21(31)22(32)25(40-27)26(34)35)10-17-19(20(24)30)15(29)9-16(38-17)12-5-7-14(8-6-12)37-13-3-1-2-4-13/h5-10,13,21-23,25,27-28,30-33H,1-4,11H2,(H,34,35). The molecule has 2 heterocycles. The van der Waals surface area contributed by atoms with E-state index < -0.39 is 66.1 Å². The highest BCUT2D eigenvalue weighted by molar-refractivity contribution is 5.89. The molecule has 5 unspecified atom stereocenters. The summed E-state index contributed by atoms with van der Waals surface area (Å²) in [6.45, 7) is -0.957. The van der Waals surface area contributed by atoms with Crippen molar-refractivity contribution in [2.24, 2.45) is 0 Å². The molecule has 0 radical (unpaired) electrons. The number of aromatic hydroxyl groups is 1. The van der Waals surface area contributed by atoms with Gasteiger partial charge < -0.3 is 54.0 Å². The second-order valence-corrected chi connectivity index (χ2v) is 9.58. The molecule has 5 rings (SSSR count). The van der Waals surface area contributed by atoms with Gasteiger partial charge in [-0.25, -0.2) is 4.79 Å². The van der Waals surface area contributed by atoms with Gasteiger partial charge in [0.1, 0.15) is 40.8 Å². The number of aliphatic hydroxyl groups excluding tert-OH is 4. The third-order valence-electron chi connectivity index (χ3n) is 6.92. The first-order chi connectivity index (χ1) is 19.2. The highest BCUT2D eigenvalue weighted by Gasteiger charge is 2.48. The van der Waals surface area contributed by atoms with Crippen LogP contribution < -0.4 is 19.6 Å². The van der Waals surface area contributed by atoms with Gasteiger partial charge >= 0.3 is 5.97 Å². The fourth-order valence-corrected chi connectivity index (χ4v) is 4.87. The molecule has 2 aliphatic rings. The van der Waals surface area contributed by atoms with Crippen LogP contribution in [0.1, 0.15) is 25.7 Å². The van der Waals surface area contributed by atoms with Crippen LogP contribution in [0, 0.1) is 0 Å². The molecule has 0 amide bonds. The van der Waals surface area contributed by atoms with Crippen LogP contribution >= 0.6 is 0 Å². The minimum absolute atomic E-state index is 0.143. The number of fused-ring (bicyclic) bond motifs is 1. The van der Waals surface area contributed by atoms with Gasteiger partial charge in [0.05, 0.1) is 6.10 Å². The predicted molar refractivity (Wildman–Crippen MR) is 135 cm³/mol. The molecule has 2 fully saturated rings. The van der Waals surface area contributed by atoms with Gasteiger partial charge in [0.2, 0.25) is 12.0 Å². The lowest BCUT2D eigenvalue weighted by molar-refractivity contribution is -0.271. The summed E-state index contributed by atoms with van der Waals surface area (Å²) in [6, 6.07) is 9.21. The minimum atomic E-state index is -1.96.